The quantitative estimate of drug-likeness (QED) is 0.938. The van der Waals surface area contributed by atoms with Crippen LogP contribution in [-0.2, 0) is 17.4 Å². The Bertz CT molecular complexity index is 638. The number of rotatable bonds is 3. The Morgan fingerprint density at radius 2 is 1.90 bits per heavy atom. The predicted molar refractivity (Wildman–Crippen MR) is 66.0 cm³/mol. The maximum absolute atomic E-state index is 12.9. The van der Waals surface area contributed by atoms with Crippen LogP contribution in [0.1, 0.15) is 11.1 Å². The fourth-order valence-electron chi connectivity index (χ4n) is 1.86. The molecule has 0 saturated carbocycles. The Hall–Kier alpha value is -2.37. The van der Waals surface area contributed by atoms with Crippen molar-refractivity contribution < 1.29 is 23.1 Å². The van der Waals surface area contributed by atoms with Gasteiger partial charge in [0.05, 0.1) is 17.7 Å². The fourth-order valence-corrected chi connectivity index (χ4v) is 1.86. The molecule has 0 aliphatic carbocycles. The van der Waals surface area contributed by atoms with Crippen LogP contribution in [0.5, 0.6) is 0 Å². The highest BCUT2D eigenvalue weighted by Gasteiger charge is 2.33. The van der Waals surface area contributed by atoms with Gasteiger partial charge in [0.25, 0.3) is 0 Å². The van der Waals surface area contributed by atoms with E-state index in [2.05, 4.69) is 4.98 Å². The zero-order valence-corrected chi connectivity index (χ0v) is 10.2. The van der Waals surface area contributed by atoms with E-state index in [9.17, 15) is 18.0 Å². The van der Waals surface area contributed by atoms with Crippen LogP contribution in [0.15, 0.2) is 42.6 Å². The molecule has 3 nitrogen and oxygen atoms in total. The summed E-state index contributed by atoms with van der Waals surface area (Å²) in [5.74, 6) is -1.05. The number of nitrogens with zero attached hydrogens (tertiary/aromatic N) is 1. The monoisotopic (exact) mass is 281 g/mol. The maximum Gasteiger partial charge on any atom is 0.417 e. The van der Waals surface area contributed by atoms with E-state index in [-0.39, 0.29) is 17.7 Å². The molecule has 2 aromatic rings. The Morgan fingerprint density at radius 3 is 2.55 bits per heavy atom. The number of carboxylic acid groups (broad SMARTS) is 1. The minimum atomic E-state index is -4.49. The second-order valence-corrected chi connectivity index (χ2v) is 4.16. The summed E-state index contributed by atoms with van der Waals surface area (Å²) in [4.78, 5) is 14.5. The van der Waals surface area contributed by atoms with Gasteiger partial charge < -0.3 is 5.11 Å². The van der Waals surface area contributed by atoms with E-state index in [1.54, 1.807) is 0 Å². The molecule has 0 radical (unpaired) electrons. The number of hydrogen-bond donors (Lipinski definition) is 1. The number of benzene rings is 1. The van der Waals surface area contributed by atoms with E-state index in [4.69, 9.17) is 5.11 Å². The summed E-state index contributed by atoms with van der Waals surface area (Å²) in [6.07, 6.45) is -3.44. The van der Waals surface area contributed by atoms with Crippen molar-refractivity contribution in [1.82, 2.24) is 4.98 Å². The van der Waals surface area contributed by atoms with Gasteiger partial charge in [0.2, 0.25) is 0 Å². The normalized spacial score (nSPS) is 11.3. The van der Waals surface area contributed by atoms with Crippen LogP contribution in [0.2, 0.25) is 0 Å². The van der Waals surface area contributed by atoms with Gasteiger partial charge >= 0.3 is 12.1 Å². The largest absolute Gasteiger partial charge is 0.481 e. The molecule has 2 rings (SSSR count). The Kier molecular flexibility index (Phi) is 3.74. The van der Waals surface area contributed by atoms with Gasteiger partial charge in [-0.3, -0.25) is 9.78 Å². The van der Waals surface area contributed by atoms with E-state index in [1.807, 2.05) is 0 Å². The lowest BCUT2D eigenvalue weighted by Gasteiger charge is -2.12. The van der Waals surface area contributed by atoms with E-state index in [0.29, 0.717) is 5.56 Å². The Labute approximate surface area is 112 Å². The third-order valence-electron chi connectivity index (χ3n) is 2.69. The molecular formula is C14H10F3NO2. The third kappa shape index (κ3) is 3.14. The molecule has 1 N–H and O–H groups in total. The minimum absolute atomic E-state index is 0.0627. The summed E-state index contributed by atoms with van der Waals surface area (Å²) in [6.45, 7) is 0. The lowest BCUT2D eigenvalue weighted by molar-refractivity contribution is -0.137. The molecule has 0 spiro atoms. The highest BCUT2D eigenvalue weighted by molar-refractivity contribution is 5.72. The van der Waals surface area contributed by atoms with Gasteiger partial charge in [-0.05, 0) is 23.8 Å². The molecule has 1 aromatic carbocycles. The van der Waals surface area contributed by atoms with Crippen LogP contribution in [0.25, 0.3) is 11.3 Å². The number of alkyl halides is 3. The van der Waals surface area contributed by atoms with Crippen molar-refractivity contribution in [3.8, 4) is 11.3 Å². The molecule has 0 aliphatic heterocycles. The first kappa shape index (κ1) is 14.0. The van der Waals surface area contributed by atoms with Crippen molar-refractivity contribution in [2.75, 3.05) is 0 Å². The molecule has 0 saturated heterocycles. The van der Waals surface area contributed by atoms with Gasteiger partial charge in [-0.1, -0.05) is 18.2 Å². The first-order valence-corrected chi connectivity index (χ1v) is 5.71. The highest BCUT2D eigenvalue weighted by atomic mass is 19.4. The van der Waals surface area contributed by atoms with E-state index < -0.39 is 17.7 Å². The second-order valence-electron chi connectivity index (χ2n) is 4.16. The molecule has 0 unspecified atom stereocenters. The van der Waals surface area contributed by atoms with E-state index >= 15 is 0 Å². The molecule has 20 heavy (non-hydrogen) atoms. The maximum atomic E-state index is 12.9. The summed E-state index contributed by atoms with van der Waals surface area (Å²) < 4.78 is 38.8. The van der Waals surface area contributed by atoms with Crippen LogP contribution >= 0.6 is 0 Å². The van der Waals surface area contributed by atoms with Crippen molar-refractivity contribution in [3.05, 3.63) is 53.7 Å². The first-order valence-electron chi connectivity index (χ1n) is 5.71. The lowest BCUT2D eigenvalue weighted by atomic mass is 10.0. The molecule has 1 aromatic heterocycles. The number of aliphatic carboxylic acids is 1. The van der Waals surface area contributed by atoms with Gasteiger partial charge in [0.15, 0.2) is 0 Å². The van der Waals surface area contributed by atoms with Gasteiger partial charge in [-0.15, -0.1) is 0 Å². The van der Waals surface area contributed by atoms with Crippen molar-refractivity contribution >= 4 is 5.97 Å². The lowest BCUT2D eigenvalue weighted by Crippen LogP contribution is -2.07. The van der Waals surface area contributed by atoms with Crippen molar-refractivity contribution in [2.45, 2.75) is 12.6 Å². The van der Waals surface area contributed by atoms with Gasteiger partial charge in [0, 0.05) is 11.8 Å². The predicted octanol–water partition coefficient (Wildman–Crippen LogP) is 3.39. The molecule has 0 fully saturated rings. The molecule has 6 heteroatoms. The number of halogens is 3. The van der Waals surface area contributed by atoms with E-state index in [0.717, 1.165) is 6.07 Å². The number of hydrogen-bond acceptors (Lipinski definition) is 2. The average Bonchev–Trinajstić information content (AvgIpc) is 2.37. The number of carboxylic acids is 1. The van der Waals surface area contributed by atoms with Gasteiger partial charge in [-0.2, -0.15) is 13.2 Å². The summed E-state index contributed by atoms with van der Waals surface area (Å²) in [5.41, 5.74) is -0.344. The summed E-state index contributed by atoms with van der Waals surface area (Å²) >= 11 is 0. The highest BCUT2D eigenvalue weighted by Crippen LogP contribution is 2.36. The molecule has 0 amide bonds. The van der Waals surface area contributed by atoms with Crippen LogP contribution in [0.3, 0.4) is 0 Å². The molecular weight excluding hydrogens is 271 g/mol. The summed E-state index contributed by atoms with van der Waals surface area (Å²) in [6, 6.07) is 7.90. The minimum Gasteiger partial charge on any atom is -0.481 e. The molecule has 0 bridgehead atoms. The fraction of sp³-hybridized carbons (Fsp3) is 0.143. The molecule has 0 aliphatic rings. The van der Waals surface area contributed by atoms with Crippen LogP contribution in [0.4, 0.5) is 13.2 Å². The zero-order valence-electron chi connectivity index (χ0n) is 10.2. The van der Waals surface area contributed by atoms with Crippen molar-refractivity contribution in [2.24, 2.45) is 0 Å². The molecule has 104 valence electrons. The molecule has 0 atom stereocenters. The summed E-state index contributed by atoms with van der Waals surface area (Å²) in [5, 5.41) is 8.71. The van der Waals surface area contributed by atoms with Crippen LogP contribution < -0.4 is 0 Å². The number of carbonyl (C=O) groups is 1. The van der Waals surface area contributed by atoms with Gasteiger partial charge in [0.1, 0.15) is 0 Å². The number of pyridine rings is 1. The van der Waals surface area contributed by atoms with Crippen LogP contribution in [0, 0.1) is 0 Å². The Morgan fingerprint density at radius 1 is 1.20 bits per heavy atom. The number of aromatic nitrogens is 1. The first-order chi connectivity index (χ1) is 9.38. The second kappa shape index (κ2) is 5.32. The smallest absolute Gasteiger partial charge is 0.417 e. The van der Waals surface area contributed by atoms with E-state index in [1.165, 1.54) is 36.5 Å². The standard InChI is InChI=1S/C14H10F3NO2/c15-14(16,17)11-4-2-1-3-10(11)12-7-9(5-6-18-12)8-13(19)20/h1-7H,8H2,(H,19,20). The van der Waals surface area contributed by atoms with Crippen LogP contribution in [-0.4, -0.2) is 16.1 Å². The van der Waals surface area contributed by atoms with Crippen molar-refractivity contribution in [3.63, 3.8) is 0 Å². The van der Waals surface area contributed by atoms with Gasteiger partial charge in [-0.25, -0.2) is 0 Å². The third-order valence-corrected chi connectivity index (χ3v) is 2.69. The average molecular weight is 281 g/mol. The SMILES string of the molecule is O=C(O)Cc1ccnc(-c2ccccc2C(F)(F)F)c1. The zero-order chi connectivity index (χ0) is 14.8. The molecule has 1 heterocycles. The summed E-state index contributed by atoms with van der Waals surface area (Å²) in [7, 11) is 0. The topological polar surface area (TPSA) is 50.2 Å². The van der Waals surface area contributed by atoms with Crippen molar-refractivity contribution in [1.29, 1.82) is 0 Å². The Balaban J connectivity index is 2.49.